The second-order valence-electron chi connectivity index (χ2n) is 6.38. The average Bonchev–Trinajstić information content (AvgIpc) is 3.37. The lowest BCUT2D eigenvalue weighted by Crippen LogP contribution is -2.36. The van der Waals surface area contributed by atoms with Gasteiger partial charge >= 0.3 is 5.97 Å². The number of hydrogen-bond acceptors (Lipinski definition) is 4. The van der Waals surface area contributed by atoms with Crippen LogP contribution in [-0.2, 0) is 16.1 Å². The van der Waals surface area contributed by atoms with Crippen molar-refractivity contribution in [2.24, 2.45) is 5.41 Å². The Morgan fingerprint density at radius 2 is 1.56 bits per heavy atom. The van der Waals surface area contributed by atoms with Crippen molar-refractivity contribution in [3.05, 3.63) is 71.0 Å². The van der Waals surface area contributed by atoms with Crippen LogP contribution < -0.4 is 0 Å². The molecule has 1 saturated carbocycles. The van der Waals surface area contributed by atoms with Crippen molar-refractivity contribution in [1.82, 2.24) is 5.06 Å². The van der Waals surface area contributed by atoms with Crippen LogP contribution in [-0.4, -0.2) is 22.8 Å². The zero-order valence-electron chi connectivity index (χ0n) is 13.2. The van der Waals surface area contributed by atoms with E-state index in [0.717, 1.165) is 0 Å². The predicted molar refractivity (Wildman–Crippen MR) is 84.8 cm³/mol. The largest absolute Gasteiger partial charge is 0.339 e. The fourth-order valence-electron chi connectivity index (χ4n) is 3.04. The van der Waals surface area contributed by atoms with Gasteiger partial charge in [0.05, 0.1) is 16.5 Å². The number of benzene rings is 2. The van der Waals surface area contributed by atoms with E-state index in [1.807, 2.05) is 0 Å². The van der Waals surface area contributed by atoms with Gasteiger partial charge in [-0.2, -0.15) is 0 Å². The van der Waals surface area contributed by atoms with Crippen molar-refractivity contribution in [2.45, 2.75) is 19.3 Å². The summed E-state index contributed by atoms with van der Waals surface area (Å²) in [6.45, 7) is 0. The normalized spacial score (nSPS) is 17.4. The van der Waals surface area contributed by atoms with Crippen molar-refractivity contribution in [2.75, 3.05) is 0 Å². The minimum Gasteiger partial charge on any atom is -0.329 e. The summed E-state index contributed by atoms with van der Waals surface area (Å²) < 4.78 is 13.8. The molecule has 25 heavy (non-hydrogen) atoms. The molecule has 0 bridgehead atoms. The van der Waals surface area contributed by atoms with E-state index in [0.29, 0.717) is 23.5 Å². The van der Waals surface area contributed by atoms with Crippen molar-refractivity contribution in [3.63, 3.8) is 0 Å². The third-order valence-electron chi connectivity index (χ3n) is 4.70. The van der Waals surface area contributed by atoms with Crippen LogP contribution in [0.25, 0.3) is 0 Å². The van der Waals surface area contributed by atoms with Crippen molar-refractivity contribution in [3.8, 4) is 0 Å². The first-order valence-electron chi connectivity index (χ1n) is 7.95. The van der Waals surface area contributed by atoms with E-state index in [1.54, 1.807) is 30.3 Å². The molecule has 1 aliphatic carbocycles. The number of rotatable bonds is 4. The second kappa shape index (κ2) is 5.51. The van der Waals surface area contributed by atoms with Gasteiger partial charge in [0, 0.05) is 0 Å². The van der Waals surface area contributed by atoms with Gasteiger partial charge in [0.25, 0.3) is 11.8 Å². The Labute approximate surface area is 143 Å². The van der Waals surface area contributed by atoms with Crippen LogP contribution in [0.15, 0.2) is 48.5 Å². The molecule has 2 aromatic rings. The molecule has 0 aromatic heterocycles. The molecule has 0 atom stereocenters. The van der Waals surface area contributed by atoms with Crippen LogP contribution in [0, 0.1) is 11.2 Å². The van der Waals surface area contributed by atoms with E-state index in [9.17, 15) is 18.8 Å². The smallest absolute Gasteiger partial charge is 0.329 e. The Balaban J connectivity index is 1.52. The van der Waals surface area contributed by atoms with Crippen molar-refractivity contribution in [1.29, 1.82) is 0 Å². The van der Waals surface area contributed by atoms with Gasteiger partial charge < -0.3 is 4.84 Å². The van der Waals surface area contributed by atoms with Gasteiger partial charge in [-0.3, -0.25) is 9.59 Å². The summed E-state index contributed by atoms with van der Waals surface area (Å²) in [4.78, 5) is 42.2. The van der Waals surface area contributed by atoms with Crippen LogP contribution in [0.1, 0.15) is 39.1 Å². The number of fused-ring (bicyclic) bond motifs is 1. The van der Waals surface area contributed by atoms with Gasteiger partial charge in [-0.1, -0.05) is 35.4 Å². The summed E-state index contributed by atoms with van der Waals surface area (Å²) in [5.74, 6) is -2.38. The minimum atomic E-state index is -0.877. The Morgan fingerprint density at radius 1 is 1.00 bits per heavy atom. The molecule has 126 valence electrons. The molecule has 0 saturated heterocycles. The van der Waals surface area contributed by atoms with E-state index in [1.165, 1.54) is 18.2 Å². The topological polar surface area (TPSA) is 63.7 Å². The van der Waals surface area contributed by atoms with Crippen molar-refractivity contribution >= 4 is 17.8 Å². The maximum atomic E-state index is 13.8. The summed E-state index contributed by atoms with van der Waals surface area (Å²) in [6.07, 6.45) is 1.24. The number of hydrogen-bond donors (Lipinski definition) is 0. The van der Waals surface area contributed by atoms with Gasteiger partial charge in [0.15, 0.2) is 0 Å². The number of hydroxylamine groups is 2. The van der Waals surface area contributed by atoms with Gasteiger partial charge in [-0.15, -0.1) is 0 Å². The van der Waals surface area contributed by atoms with Gasteiger partial charge in [-0.05, 0) is 43.0 Å². The maximum Gasteiger partial charge on any atom is 0.339 e. The lowest BCUT2D eigenvalue weighted by molar-refractivity contribution is -0.175. The summed E-state index contributed by atoms with van der Waals surface area (Å²) >= 11 is 0. The highest BCUT2D eigenvalue weighted by Gasteiger charge is 2.54. The Morgan fingerprint density at radius 3 is 2.12 bits per heavy atom. The van der Waals surface area contributed by atoms with E-state index in [2.05, 4.69) is 0 Å². The lowest BCUT2D eigenvalue weighted by atomic mass is 9.96. The highest BCUT2D eigenvalue weighted by Crippen LogP contribution is 2.50. The second-order valence-corrected chi connectivity index (χ2v) is 6.38. The summed E-state index contributed by atoms with van der Waals surface area (Å²) in [7, 11) is 0. The van der Waals surface area contributed by atoms with Gasteiger partial charge in [0.2, 0.25) is 0 Å². The van der Waals surface area contributed by atoms with Gasteiger partial charge in [-0.25, -0.2) is 9.18 Å². The summed E-state index contributed by atoms with van der Waals surface area (Å²) in [5, 5.41) is 0.508. The zero-order valence-corrected chi connectivity index (χ0v) is 13.2. The first-order chi connectivity index (χ1) is 12.0. The van der Waals surface area contributed by atoms with Crippen LogP contribution in [0.2, 0.25) is 0 Å². The molecule has 0 radical (unpaired) electrons. The van der Waals surface area contributed by atoms with E-state index >= 15 is 0 Å². The molecule has 6 heteroatoms. The monoisotopic (exact) mass is 339 g/mol. The third-order valence-corrected chi connectivity index (χ3v) is 4.70. The SMILES string of the molecule is O=C1c2ccccc2C(=O)N1OC(=O)C1(Cc2ccccc2F)CC1. The Bertz CT molecular complexity index is 869. The standard InChI is InChI=1S/C19H14FNO4/c20-15-8-4-1-5-12(15)11-19(9-10-19)18(24)25-21-16(22)13-6-2-3-7-14(13)17(21)23/h1-8H,9-11H2. The third kappa shape index (κ3) is 2.50. The molecule has 2 amide bonds. The predicted octanol–water partition coefficient (Wildman–Crippen LogP) is 2.90. The fourth-order valence-corrected chi connectivity index (χ4v) is 3.04. The molecule has 5 nitrogen and oxygen atoms in total. The molecule has 0 N–H and O–H groups in total. The van der Waals surface area contributed by atoms with Crippen LogP contribution in [0.3, 0.4) is 0 Å². The van der Waals surface area contributed by atoms with Crippen LogP contribution >= 0.6 is 0 Å². The molecule has 1 fully saturated rings. The van der Waals surface area contributed by atoms with Crippen molar-refractivity contribution < 1.29 is 23.6 Å². The lowest BCUT2D eigenvalue weighted by Gasteiger charge is -2.18. The molecule has 0 unspecified atom stereocenters. The molecule has 2 aliphatic rings. The maximum absolute atomic E-state index is 13.8. The highest BCUT2D eigenvalue weighted by atomic mass is 19.1. The molecular weight excluding hydrogens is 325 g/mol. The summed E-state index contributed by atoms with van der Waals surface area (Å²) in [5.41, 5.74) is -0.0461. The van der Waals surface area contributed by atoms with Crippen LogP contribution in [0.5, 0.6) is 0 Å². The Kier molecular flexibility index (Phi) is 3.42. The first kappa shape index (κ1) is 15.5. The van der Waals surface area contributed by atoms with Crippen LogP contribution in [0.4, 0.5) is 4.39 Å². The average molecular weight is 339 g/mol. The molecule has 1 aliphatic heterocycles. The Hall–Kier alpha value is -3.02. The van der Waals surface area contributed by atoms with E-state index in [-0.39, 0.29) is 23.4 Å². The number of nitrogens with zero attached hydrogens (tertiary/aromatic N) is 1. The number of carbonyl (C=O) groups is 3. The minimum absolute atomic E-state index is 0.182. The first-order valence-corrected chi connectivity index (χ1v) is 7.95. The van der Waals surface area contributed by atoms with E-state index in [4.69, 9.17) is 4.84 Å². The molecule has 4 rings (SSSR count). The summed E-state index contributed by atoms with van der Waals surface area (Å²) in [6, 6.07) is 12.5. The number of amides is 2. The molecule has 1 heterocycles. The quantitative estimate of drug-likeness (QED) is 0.804. The van der Waals surface area contributed by atoms with Gasteiger partial charge in [0.1, 0.15) is 5.82 Å². The number of imide groups is 1. The zero-order chi connectivity index (χ0) is 17.6. The fraction of sp³-hybridized carbons (Fsp3) is 0.211. The molecule has 0 spiro atoms. The number of halogens is 1. The van der Waals surface area contributed by atoms with E-state index < -0.39 is 23.2 Å². The molecule has 2 aromatic carbocycles. The highest BCUT2D eigenvalue weighted by molar-refractivity contribution is 6.20. The molecular formula is C19H14FNO4. The number of carbonyl (C=O) groups excluding carboxylic acids is 3.